The fraction of sp³-hybridized carbons (Fsp3) is 0.231. The van der Waals surface area contributed by atoms with Gasteiger partial charge in [-0.1, -0.05) is 11.6 Å². The first-order chi connectivity index (χ1) is 7.20. The molecule has 0 radical (unpaired) electrons. The van der Waals surface area contributed by atoms with Gasteiger partial charge in [-0.3, -0.25) is 4.98 Å². The van der Waals surface area contributed by atoms with E-state index in [2.05, 4.69) is 24.0 Å². The number of fused-ring (bicyclic) bond motifs is 1. The van der Waals surface area contributed by atoms with Crippen LogP contribution >= 0.6 is 0 Å². The van der Waals surface area contributed by atoms with E-state index in [4.69, 9.17) is 5.26 Å². The topological polar surface area (TPSA) is 36.7 Å². The van der Waals surface area contributed by atoms with Crippen LogP contribution in [0.15, 0.2) is 24.3 Å². The molecule has 2 rings (SSSR count). The molecule has 2 heteroatoms. The molecule has 2 aromatic rings. The highest BCUT2D eigenvalue weighted by atomic mass is 14.7. The molecule has 74 valence electrons. The molecule has 1 heterocycles. The maximum atomic E-state index is 8.77. The molecular formula is C13H12N2. The molecule has 15 heavy (non-hydrogen) atoms. The summed E-state index contributed by atoms with van der Waals surface area (Å²) in [6.07, 6.45) is 0.448. The minimum atomic E-state index is 0.448. The smallest absolute Gasteiger partial charge is 0.0708 e. The van der Waals surface area contributed by atoms with Crippen molar-refractivity contribution in [3.63, 3.8) is 0 Å². The van der Waals surface area contributed by atoms with Gasteiger partial charge >= 0.3 is 0 Å². The van der Waals surface area contributed by atoms with E-state index in [-0.39, 0.29) is 0 Å². The van der Waals surface area contributed by atoms with Gasteiger partial charge in [0.1, 0.15) is 0 Å². The van der Waals surface area contributed by atoms with Crippen molar-refractivity contribution in [1.82, 2.24) is 4.98 Å². The van der Waals surface area contributed by atoms with E-state index in [9.17, 15) is 0 Å². The van der Waals surface area contributed by atoms with Gasteiger partial charge in [-0.25, -0.2) is 0 Å². The molecule has 0 amide bonds. The lowest BCUT2D eigenvalue weighted by Gasteiger charge is -2.05. The Morgan fingerprint density at radius 3 is 2.80 bits per heavy atom. The van der Waals surface area contributed by atoms with E-state index in [0.29, 0.717) is 6.42 Å². The van der Waals surface area contributed by atoms with Crippen molar-refractivity contribution >= 4 is 10.9 Å². The average molecular weight is 196 g/mol. The maximum Gasteiger partial charge on any atom is 0.0708 e. The number of nitrogens with zero attached hydrogens (tertiary/aromatic N) is 2. The van der Waals surface area contributed by atoms with Gasteiger partial charge < -0.3 is 0 Å². The van der Waals surface area contributed by atoms with Crippen LogP contribution in [0.2, 0.25) is 0 Å². The van der Waals surface area contributed by atoms with Crippen LogP contribution in [0.5, 0.6) is 0 Å². The quantitative estimate of drug-likeness (QED) is 0.703. The van der Waals surface area contributed by atoms with Crippen LogP contribution < -0.4 is 0 Å². The maximum absolute atomic E-state index is 8.77. The lowest BCUT2D eigenvalue weighted by Crippen LogP contribution is -1.91. The van der Waals surface area contributed by atoms with E-state index in [1.807, 2.05) is 25.1 Å². The summed E-state index contributed by atoms with van der Waals surface area (Å²) >= 11 is 0. The summed E-state index contributed by atoms with van der Waals surface area (Å²) in [6.45, 7) is 4.01. The second kappa shape index (κ2) is 3.70. The van der Waals surface area contributed by atoms with Crippen LogP contribution in [-0.2, 0) is 6.42 Å². The van der Waals surface area contributed by atoms with Gasteiger partial charge in [0.05, 0.1) is 18.0 Å². The Hall–Kier alpha value is -1.88. The molecule has 0 aliphatic heterocycles. The van der Waals surface area contributed by atoms with E-state index in [1.165, 1.54) is 5.56 Å². The fourth-order valence-electron chi connectivity index (χ4n) is 1.79. The molecule has 2 nitrogen and oxygen atoms in total. The Balaban J connectivity index is 2.77. The Bertz CT molecular complexity index is 550. The summed E-state index contributed by atoms with van der Waals surface area (Å²) in [5.41, 5.74) is 4.22. The fourth-order valence-corrected chi connectivity index (χ4v) is 1.79. The molecule has 0 saturated heterocycles. The zero-order valence-electron chi connectivity index (χ0n) is 8.91. The Kier molecular flexibility index (Phi) is 2.39. The predicted octanol–water partition coefficient (Wildman–Crippen LogP) is 2.92. The molecule has 0 atom stereocenters. The normalized spacial score (nSPS) is 10.2. The summed E-state index contributed by atoms with van der Waals surface area (Å²) in [4.78, 5) is 4.45. The Morgan fingerprint density at radius 1 is 1.27 bits per heavy atom. The minimum Gasteiger partial charge on any atom is -0.253 e. The third-order valence-electron chi connectivity index (χ3n) is 2.45. The minimum absolute atomic E-state index is 0.448. The van der Waals surface area contributed by atoms with Crippen molar-refractivity contribution in [2.24, 2.45) is 0 Å². The van der Waals surface area contributed by atoms with Crippen molar-refractivity contribution in [2.45, 2.75) is 20.3 Å². The molecule has 0 unspecified atom stereocenters. The van der Waals surface area contributed by atoms with Gasteiger partial charge in [0.25, 0.3) is 0 Å². The average Bonchev–Trinajstić information content (AvgIpc) is 2.19. The zero-order chi connectivity index (χ0) is 10.8. The lowest BCUT2D eigenvalue weighted by molar-refractivity contribution is 1.19. The third kappa shape index (κ3) is 1.82. The number of aryl methyl sites for hydroxylation is 2. The summed E-state index contributed by atoms with van der Waals surface area (Å²) < 4.78 is 0. The second-order valence-corrected chi connectivity index (χ2v) is 3.78. The highest BCUT2D eigenvalue weighted by Gasteiger charge is 2.03. The largest absolute Gasteiger partial charge is 0.253 e. The van der Waals surface area contributed by atoms with Crippen molar-refractivity contribution in [3.05, 3.63) is 41.1 Å². The van der Waals surface area contributed by atoms with Crippen LogP contribution in [-0.4, -0.2) is 4.98 Å². The molecule has 0 aliphatic rings. The van der Waals surface area contributed by atoms with Crippen molar-refractivity contribution in [1.29, 1.82) is 5.26 Å². The summed E-state index contributed by atoms with van der Waals surface area (Å²) in [5.74, 6) is 0. The van der Waals surface area contributed by atoms with E-state index < -0.39 is 0 Å². The van der Waals surface area contributed by atoms with Gasteiger partial charge in [-0.05, 0) is 37.6 Å². The predicted molar refractivity (Wildman–Crippen MR) is 60.5 cm³/mol. The molecule has 1 aromatic heterocycles. The summed E-state index contributed by atoms with van der Waals surface area (Å²) in [7, 11) is 0. The van der Waals surface area contributed by atoms with Gasteiger partial charge in [0.2, 0.25) is 0 Å². The van der Waals surface area contributed by atoms with Gasteiger partial charge in [0, 0.05) is 11.1 Å². The number of hydrogen-bond acceptors (Lipinski definition) is 2. The van der Waals surface area contributed by atoms with Crippen molar-refractivity contribution in [3.8, 4) is 6.07 Å². The molecule has 0 spiro atoms. The molecule has 0 fully saturated rings. The van der Waals surface area contributed by atoms with E-state index >= 15 is 0 Å². The first kappa shape index (κ1) is 9.67. The molecule has 0 bridgehead atoms. The number of aromatic nitrogens is 1. The van der Waals surface area contributed by atoms with Gasteiger partial charge in [-0.15, -0.1) is 0 Å². The highest BCUT2D eigenvalue weighted by Crippen LogP contribution is 2.20. The number of hydrogen-bond donors (Lipinski definition) is 0. The monoisotopic (exact) mass is 196 g/mol. The molecule has 0 saturated carbocycles. The molecule has 1 aromatic carbocycles. The summed E-state index contributed by atoms with van der Waals surface area (Å²) in [6, 6.07) is 10.3. The number of benzene rings is 1. The highest BCUT2D eigenvalue weighted by molar-refractivity contribution is 5.83. The second-order valence-electron chi connectivity index (χ2n) is 3.78. The first-order valence-electron chi connectivity index (χ1n) is 4.94. The van der Waals surface area contributed by atoms with Crippen LogP contribution in [0.1, 0.15) is 16.8 Å². The van der Waals surface area contributed by atoms with Gasteiger partial charge in [0.15, 0.2) is 0 Å². The lowest BCUT2D eigenvalue weighted by atomic mass is 10.0. The third-order valence-corrected chi connectivity index (χ3v) is 2.45. The molecule has 0 N–H and O–H groups in total. The zero-order valence-corrected chi connectivity index (χ0v) is 8.91. The van der Waals surface area contributed by atoms with E-state index in [1.54, 1.807) is 0 Å². The standard InChI is InChI=1S/C13H12N2/c1-9-3-4-13-12(7-9)11(5-6-14)8-10(2)15-13/h3-4,7-8H,5H2,1-2H3. The molecular weight excluding hydrogens is 184 g/mol. The van der Waals surface area contributed by atoms with Crippen molar-refractivity contribution in [2.75, 3.05) is 0 Å². The van der Waals surface area contributed by atoms with Crippen LogP contribution in [0.3, 0.4) is 0 Å². The van der Waals surface area contributed by atoms with Crippen molar-refractivity contribution < 1.29 is 0 Å². The van der Waals surface area contributed by atoms with E-state index in [0.717, 1.165) is 22.2 Å². The SMILES string of the molecule is Cc1ccc2nc(C)cc(CC#N)c2c1. The Labute approximate surface area is 89.2 Å². The van der Waals surface area contributed by atoms with Crippen LogP contribution in [0, 0.1) is 25.2 Å². The molecule has 0 aliphatic carbocycles. The van der Waals surface area contributed by atoms with Crippen LogP contribution in [0.25, 0.3) is 10.9 Å². The van der Waals surface area contributed by atoms with Crippen LogP contribution in [0.4, 0.5) is 0 Å². The number of rotatable bonds is 1. The first-order valence-corrected chi connectivity index (χ1v) is 4.94. The number of pyridine rings is 1. The Morgan fingerprint density at radius 2 is 2.07 bits per heavy atom. The summed E-state index contributed by atoms with van der Waals surface area (Å²) in [5, 5.41) is 9.87. The van der Waals surface area contributed by atoms with Gasteiger partial charge in [-0.2, -0.15) is 5.26 Å². The number of nitriles is 1.